The molecule has 0 radical (unpaired) electrons. The molecule has 0 aromatic heterocycles. The Balaban J connectivity index is 1.94. The van der Waals surface area contributed by atoms with E-state index in [1.54, 1.807) is 10.4 Å². The molecule has 0 aliphatic carbocycles. The molecule has 0 bridgehead atoms. The van der Waals surface area contributed by atoms with Gasteiger partial charge in [0.1, 0.15) is 0 Å². The Morgan fingerprint density at radius 3 is 3.00 bits per heavy atom. The second-order valence-corrected chi connectivity index (χ2v) is 7.66. The van der Waals surface area contributed by atoms with Crippen LogP contribution in [-0.2, 0) is 22.2 Å². The summed E-state index contributed by atoms with van der Waals surface area (Å²) in [5.74, 6) is 0.647. The van der Waals surface area contributed by atoms with Gasteiger partial charge < -0.3 is 5.32 Å². The summed E-state index contributed by atoms with van der Waals surface area (Å²) in [5.41, 5.74) is 3.30. The average Bonchev–Trinajstić information content (AvgIpc) is 2.57. The Bertz CT molecular complexity index is 665. The molecule has 2 unspecified atom stereocenters. The molecule has 1 N–H and O–H groups in total. The Labute approximate surface area is 143 Å². The maximum Gasteiger partial charge on any atom is 0.178 e. The maximum atomic E-state index is 12.4. The lowest BCUT2D eigenvalue weighted by Crippen LogP contribution is -2.45. The zero-order valence-corrected chi connectivity index (χ0v) is 14.3. The minimum atomic E-state index is -1.41. The van der Waals surface area contributed by atoms with E-state index in [2.05, 4.69) is 5.32 Å². The monoisotopic (exact) mass is 354 g/mol. The number of unbranched alkanes of at least 4 members (excludes halogenated alkanes) is 1. The number of alkyl halides is 1. The number of rotatable bonds is 6. The van der Waals surface area contributed by atoms with Crippen LogP contribution in [0.4, 0.5) is 11.4 Å². The highest BCUT2D eigenvalue weighted by molar-refractivity contribution is 7.88. The first kappa shape index (κ1) is 16.5. The molecule has 5 nitrogen and oxygen atoms in total. The lowest BCUT2D eigenvalue weighted by Gasteiger charge is -2.38. The van der Waals surface area contributed by atoms with E-state index in [1.165, 1.54) is 0 Å². The summed E-state index contributed by atoms with van der Waals surface area (Å²) in [4.78, 5) is 23.6. The topological polar surface area (TPSA) is 66.5 Å². The van der Waals surface area contributed by atoms with Gasteiger partial charge in [0, 0.05) is 24.4 Å². The van der Waals surface area contributed by atoms with Gasteiger partial charge in [-0.1, -0.05) is 0 Å². The zero-order chi connectivity index (χ0) is 16.4. The van der Waals surface area contributed by atoms with Crippen molar-refractivity contribution in [3.05, 3.63) is 23.3 Å². The molecule has 124 valence electrons. The third kappa shape index (κ3) is 3.15. The third-order valence-electron chi connectivity index (χ3n) is 4.21. The van der Waals surface area contributed by atoms with Crippen LogP contribution in [-0.4, -0.2) is 34.1 Å². The highest BCUT2D eigenvalue weighted by Crippen LogP contribution is 2.40. The largest absolute Gasteiger partial charge is 0.362 e. The van der Waals surface area contributed by atoms with Crippen LogP contribution in [0.2, 0.25) is 0 Å². The molecule has 23 heavy (non-hydrogen) atoms. The van der Waals surface area contributed by atoms with Crippen molar-refractivity contribution in [1.29, 1.82) is 0 Å². The van der Waals surface area contributed by atoms with Crippen LogP contribution in [0.5, 0.6) is 0 Å². The number of hydrogen-bond acceptors (Lipinski definition) is 4. The summed E-state index contributed by atoms with van der Waals surface area (Å²) >= 11 is 5.65. The summed E-state index contributed by atoms with van der Waals surface area (Å²) in [7, 11) is -1.41. The van der Waals surface area contributed by atoms with Gasteiger partial charge in [-0.3, -0.25) is 13.9 Å². The predicted octanol–water partition coefficient (Wildman–Crippen LogP) is 2.65. The molecule has 0 fully saturated rings. The fourth-order valence-corrected chi connectivity index (χ4v) is 4.59. The molecule has 0 saturated carbocycles. The standard InChI is InChI=1S/C16H19ClN2O3S/c17-6-2-1-5-14(21)12-8-11-4-3-7-19-16(11)13(9-12)18-15(10-20)23(19)22/h8-10,15,18H,1-7H2. The highest BCUT2D eigenvalue weighted by atomic mass is 35.5. The van der Waals surface area contributed by atoms with Crippen LogP contribution in [0.1, 0.15) is 41.6 Å². The first-order valence-electron chi connectivity index (χ1n) is 7.82. The molecular formula is C16H19ClN2O3S. The minimum absolute atomic E-state index is 0.0856. The van der Waals surface area contributed by atoms with E-state index in [0.717, 1.165) is 42.6 Å². The summed E-state index contributed by atoms with van der Waals surface area (Å²) < 4.78 is 14.2. The molecule has 1 aromatic rings. The maximum absolute atomic E-state index is 12.4. The van der Waals surface area contributed by atoms with E-state index in [1.807, 2.05) is 6.07 Å². The van der Waals surface area contributed by atoms with Gasteiger partial charge in [-0.2, -0.15) is 0 Å². The van der Waals surface area contributed by atoms with E-state index < -0.39 is 16.4 Å². The fourth-order valence-electron chi connectivity index (χ4n) is 3.10. The van der Waals surface area contributed by atoms with E-state index >= 15 is 0 Å². The summed E-state index contributed by atoms with van der Waals surface area (Å²) in [5, 5.41) is 2.26. The molecule has 7 heteroatoms. The van der Waals surface area contributed by atoms with E-state index in [4.69, 9.17) is 11.6 Å². The smallest absolute Gasteiger partial charge is 0.178 e. The van der Waals surface area contributed by atoms with Crippen molar-refractivity contribution in [2.24, 2.45) is 0 Å². The Morgan fingerprint density at radius 1 is 1.43 bits per heavy atom. The Hall–Kier alpha value is -1.40. The van der Waals surface area contributed by atoms with Gasteiger partial charge in [0.2, 0.25) is 0 Å². The highest BCUT2D eigenvalue weighted by Gasteiger charge is 2.35. The number of ketones is 1. The predicted molar refractivity (Wildman–Crippen MR) is 92.6 cm³/mol. The lowest BCUT2D eigenvalue weighted by atomic mass is 9.96. The molecule has 0 amide bonds. The molecule has 2 aliphatic rings. The number of carbonyl (C=O) groups is 2. The van der Waals surface area contributed by atoms with Gasteiger partial charge in [0.05, 0.1) is 11.4 Å². The molecule has 3 rings (SSSR count). The Kier molecular flexibility index (Phi) is 5.02. The average molecular weight is 355 g/mol. The summed E-state index contributed by atoms with van der Waals surface area (Å²) in [6, 6.07) is 3.70. The van der Waals surface area contributed by atoms with Crippen LogP contribution in [0, 0.1) is 0 Å². The number of carbonyl (C=O) groups excluding carboxylic acids is 2. The van der Waals surface area contributed by atoms with E-state index in [0.29, 0.717) is 30.7 Å². The fraction of sp³-hybridized carbons (Fsp3) is 0.500. The van der Waals surface area contributed by atoms with Crippen LogP contribution < -0.4 is 9.62 Å². The van der Waals surface area contributed by atoms with Crippen molar-refractivity contribution in [3.63, 3.8) is 0 Å². The number of aryl methyl sites for hydroxylation is 1. The van der Waals surface area contributed by atoms with Crippen LogP contribution in [0.25, 0.3) is 0 Å². The molecule has 2 heterocycles. The van der Waals surface area contributed by atoms with Crippen LogP contribution in [0.3, 0.4) is 0 Å². The SMILES string of the molecule is O=CC1Nc2cc(C(=O)CCCCCl)cc3c2N(CCC3)S1=O. The van der Waals surface area contributed by atoms with Crippen LogP contribution in [0.15, 0.2) is 12.1 Å². The van der Waals surface area contributed by atoms with Gasteiger partial charge in [0.25, 0.3) is 0 Å². The molecule has 0 spiro atoms. The number of Topliss-reactive ketones (excluding diaryl/α,β-unsaturated/α-hetero) is 1. The number of nitrogens with one attached hydrogen (secondary N) is 1. The summed E-state index contributed by atoms with van der Waals surface area (Å²) in [6.45, 7) is 0.668. The quantitative estimate of drug-likeness (QED) is 0.369. The van der Waals surface area contributed by atoms with Gasteiger partial charge in [-0.05, 0) is 43.4 Å². The first-order chi connectivity index (χ1) is 11.2. The third-order valence-corrected chi connectivity index (χ3v) is 5.94. The molecule has 1 aromatic carbocycles. The van der Waals surface area contributed by atoms with Crippen molar-refractivity contribution in [2.45, 2.75) is 37.5 Å². The van der Waals surface area contributed by atoms with Crippen molar-refractivity contribution in [3.8, 4) is 0 Å². The number of aldehydes is 1. The number of nitrogens with zero attached hydrogens (tertiary/aromatic N) is 1. The molecule has 2 atom stereocenters. The second kappa shape index (κ2) is 7.01. The normalized spacial score (nSPS) is 22.2. The Morgan fingerprint density at radius 2 is 2.26 bits per heavy atom. The molecule has 2 aliphatic heterocycles. The van der Waals surface area contributed by atoms with Crippen molar-refractivity contribution in [2.75, 3.05) is 22.0 Å². The van der Waals surface area contributed by atoms with Gasteiger partial charge in [0.15, 0.2) is 28.4 Å². The van der Waals surface area contributed by atoms with Crippen molar-refractivity contribution < 1.29 is 13.8 Å². The first-order valence-corrected chi connectivity index (χ1v) is 9.52. The van der Waals surface area contributed by atoms with E-state index in [9.17, 15) is 13.8 Å². The summed E-state index contributed by atoms with van der Waals surface area (Å²) in [6.07, 6.45) is 4.46. The van der Waals surface area contributed by atoms with E-state index in [-0.39, 0.29) is 5.78 Å². The second-order valence-electron chi connectivity index (χ2n) is 5.78. The minimum Gasteiger partial charge on any atom is -0.362 e. The molecule has 0 saturated heterocycles. The number of halogens is 1. The zero-order valence-electron chi connectivity index (χ0n) is 12.7. The number of benzene rings is 1. The lowest BCUT2D eigenvalue weighted by molar-refractivity contribution is -0.107. The number of hydrogen-bond donors (Lipinski definition) is 1. The van der Waals surface area contributed by atoms with Gasteiger partial charge in [-0.15, -0.1) is 11.6 Å². The van der Waals surface area contributed by atoms with Crippen LogP contribution >= 0.6 is 11.6 Å². The van der Waals surface area contributed by atoms with Crippen molar-refractivity contribution in [1.82, 2.24) is 0 Å². The van der Waals surface area contributed by atoms with Crippen molar-refractivity contribution >= 4 is 46.0 Å². The molecular weight excluding hydrogens is 336 g/mol. The van der Waals surface area contributed by atoms with Gasteiger partial charge >= 0.3 is 0 Å². The number of anilines is 2. The van der Waals surface area contributed by atoms with Gasteiger partial charge in [-0.25, -0.2) is 4.21 Å².